The minimum Gasteiger partial charge on any atom is -0.497 e. The minimum absolute atomic E-state index is 0.0434. The van der Waals surface area contributed by atoms with Crippen molar-refractivity contribution in [3.8, 4) is 5.75 Å². The molecule has 0 aliphatic carbocycles. The van der Waals surface area contributed by atoms with E-state index in [1.54, 1.807) is 56.3 Å². The van der Waals surface area contributed by atoms with Crippen LogP contribution in [0, 0.1) is 0 Å². The Morgan fingerprint density at radius 2 is 1.68 bits per heavy atom. The molecule has 0 aromatic heterocycles. The number of rotatable bonds is 11. The number of benzene rings is 3. The number of anilines is 1. The monoisotopic (exact) mass is 587 g/mol. The number of ether oxygens (including phenoxy) is 1. The van der Waals surface area contributed by atoms with Gasteiger partial charge in [0, 0.05) is 23.6 Å². The lowest BCUT2D eigenvalue weighted by atomic mass is 10.1. The number of amides is 2. The van der Waals surface area contributed by atoms with Crippen LogP contribution in [-0.4, -0.2) is 51.4 Å². The Kier molecular flexibility index (Phi) is 9.71. The largest absolute Gasteiger partial charge is 0.497 e. The molecule has 3 aromatic carbocycles. The Balaban J connectivity index is 2.03. The molecule has 1 unspecified atom stereocenters. The molecule has 10 heteroatoms. The molecule has 0 aliphatic heterocycles. The Morgan fingerprint density at radius 3 is 2.30 bits per heavy atom. The first-order valence-corrected chi connectivity index (χ1v) is 13.9. The van der Waals surface area contributed by atoms with Crippen molar-refractivity contribution in [3.63, 3.8) is 0 Å². The van der Waals surface area contributed by atoms with Crippen LogP contribution in [0.1, 0.15) is 19.4 Å². The summed E-state index contributed by atoms with van der Waals surface area (Å²) >= 11 is 3.40. The van der Waals surface area contributed by atoms with E-state index in [0.29, 0.717) is 12.3 Å². The Hall–Kier alpha value is -3.37. The van der Waals surface area contributed by atoms with Gasteiger partial charge in [-0.2, -0.15) is 0 Å². The van der Waals surface area contributed by atoms with Gasteiger partial charge < -0.3 is 15.0 Å². The fraction of sp³-hybridized carbons (Fsp3) is 0.259. The highest BCUT2D eigenvalue weighted by Gasteiger charge is 2.32. The first kappa shape index (κ1) is 28.2. The molecular formula is C27H30BrN3O5S. The van der Waals surface area contributed by atoms with Crippen LogP contribution in [0.15, 0.2) is 88.2 Å². The summed E-state index contributed by atoms with van der Waals surface area (Å²) in [5.74, 6) is -0.406. The molecule has 8 nitrogen and oxygen atoms in total. The third-order valence-electron chi connectivity index (χ3n) is 5.74. The normalized spacial score (nSPS) is 11.9. The first-order chi connectivity index (χ1) is 17.7. The van der Waals surface area contributed by atoms with E-state index in [4.69, 9.17) is 4.74 Å². The van der Waals surface area contributed by atoms with Crippen molar-refractivity contribution in [2.75, 3.05) is 24.5 Å². The van der Waals surface area contributed by atoms with Gasteiger partial charge in [0.25, 0.3) is 10.0 Å². The molecule has 0 spiro atoms. The van der Waals surface area contributed by atoms with Crippen molar-refractivity contribution < 1.29 is 22.7 Å². The van der Waals surface area contributed by atoms with Crippen LogP contribution in [0.2, 0.25) is 0 Å². The Bertz CT molecular complexity index is 1320. The van der Waals surface area contributed by atoms with Crippen molar-refractivity contribution >= 4 is 43.5 Å². The van der Waals surface area contributed by atoms with E-state index in [1.807, 2.05) is 24.3 Å². The molecule has 1 atom stereocenters. The van der Waals surface area contributed by atoms with Crippen molar-refractivity contribution in [2.24, 2.45) is 0 Å². The van der Waals surface area contributed by atoms with E-state index in [0.717, 1.165) is 14.3 Å². The third-order valence-corrected chi connectivity index (χ3v) is 8.05. The van der Waals surface area contributed by atoms with Crippen LogP contribution in [0.4, 0.5) is 5.69 Å². The van der Waals surface area contributed by atoms with Crippen LogP contribution in [0.25, 0.3) is 0 Å². The topological polar surface area (TPSA) is 96.0 Å². The molecular weight excluding hydrogens is 558 g/mol. The maximum absolute atomic E-state index is 13.8. The molecule has 0 heterocycles. The summed E-state index contributed by atoms with van der Waals surface area (Å²) in [6.07, 6.45) is 0. The highest BCUT2D eigenvalue weighted by Crippen LogP contribution is 2.27. The molecule has 0 bridgehead atoms. The molecule has 3 aromatic rings. The lowest BCUT2D eigenvalue weighted by Gasteiger charge is -2.32. The second kappa shape index (κ2) is 12.7. The van der Waals surface area contributed by atoms with Crippen molar-refractivity contribution in [1.82, 2.24) is 10.2 Å². The first-order valence-electron chi connectivity index (χ1n) is 11.7. The fourth-order valence-corrected chi connectivity index (χ4v) is 5.40. The Morgan fingerprint density at radius 1 is 1.00 bits per heavy atom. The fourth-order valence-electron chi connectivity index (χ4n) is 3.71. The minimum atomic E-state index is -4.12. The van der Waals surface area contributed by atoms with Crippen molar-refractivity contribution in [2.45, 2.75) is 31.3 Å². The van der Waals surface area contributed by atoms with Crippen LogP contribution in [0.5, 0.6) is 5.75 Å². The predicted molar refractivity (Wildman–Crippen MR) is 147 cm³/mol. The number of hydrogen-bond acceptors (Lipinski definition) is 5. The number of likely N-dealkylation sites (N-methyl/N-ethyl adjacent to an activating group) is 1. The van der Waals surface area contributed by atoms with Crippen LogP contribution in [0.3, 0.4) is 0 Å². The number of hydrogen-bond donors (Lipinski definition) is 1. The molecule has 0 saturated heterocycles. The van der Waals surface area contributed by atoms with Crippen molar-refractivity contribution in [3.05, 3.63) is 88.9 Å². The van der Waals surface area contributed by atoms with E-state index >= 15 is 0 Å². The van der Waals surface area contributed by atoms with E-state index < -0.39 is 28.5 Å². The van der Waals surface area contributed by atoms with Crippen LogP contribution < -0.4 is 14.4 Å². The van der Waals surface area contributed by atoms with E-state index in [1.165, 1.54) is 24.1 Å². The lowest BCUT2D eigenvalue weighted by molar-refractivity contribution is -0.139. The number of carbonyl (C=O) groups excluding carboxylic acids is 2. The number of carbonyl (C=O) groups is 2. The highest BCUT2D eigenvalue weighted by molar-refractivity contribution is 9.10. The molecule has 3 rings (SSSR count). The molecule has 0 radical (unpaired) electrons. The summed E-state index contributed by atoms with van der Waals surface area (Å²) in [4.78, 5) is 27.9. The molecule has 0 saturated carbocycles. The molecule has 0 fully saturated rings. The van der Waals surface area contributed by atoms with Gasteiger partial charge >= 0.3 is 0 Å². The summed E-state index contributed by atoms with van der Waals surface area (Å²) in [5, 5.41) is 2.74. The zero-order valence-corrected chi connectivity index (χ0v) is 23.3. The maximum atomic E-state index is 13.8. The van der Waals surface area contributed by atoms with Gasteiger partial charge in [-0.3, -0.25) is 13.9 Å². The van der Waals surface area contributed by atoms with Gasteiger partial charge in [-0.1, -0.05) is 52.3 Å². The predicted octanol–water partition coefficient (Wildman–Crippen LogP) is 4.21. The van der Waals surface area contributed by atoms with Gasteiger partial charge in [-0.15, -0.1) is 0 Å². The standard InChI is InChI=1S/C27H30BrN3O5S/c1-4-29-27(33)20(2)30(18-21-13-15-22(28)16-14-21)26(32)19-31(23-9-8-10-24(17-23)36-3)37(34,35)25-11-6-5-7-12-25/h5-17,20H,4,18-19H2,1-3H3,(H,29,33). The second-order valence-corrected chi connectivity index (χ2v) is 11.0. The number of methoxy groups -OCH3 is 1. The zero-order chi connectivity index (χ0) is 27.0. The molecule has 1 N–H and O–H groups in total. The molecule has 196 valence electrons. The summed E-state index contributed by atoms with van der Waals surface area (Å²) in [6.45, 7) is 3.44. The summed E-state index contributed by atoms with van der Waals surface area (Å²) in [5.41, 5.74) is 1.07. The number of nitrogens with one attached hydrogen (secondary N) is 1. The van der Waals surface area contributed by atoms with E-state index in [9.17, 15) is 18.0 Å². The lowest BCUT2D eigenvalue weighted by Crippen LogP contribution is -2.51. The van der Waals surface area contributed by atoms with Gasteiger partial charge in [0.1, 0.15) is 18.3 Å². The summed E-state index contributed by atoms with van der Waals surface area (Å²) in [6, 6.07) is 21.0. The zero-order valence-electron chi connectivity index (χ0n) is 20.9. The smallest absolute Gasteiger partial charge is 0.264 e. The second-order valence-electron chi connectivity index (χ2n) is 8.24. The van der Waals surface area contributed by atoms with Gasteiger partial charge in [0.15, 0.2) is 0 Å². The van der Waals surface area contributed by atoms with E-state index in [2.05, 4.69) is 21.2 Å². The van der Waals surface area contributed by atoms with Gasteiger partial charge in [-0.25, -0.2) is 8.42 Å². The van der Waals surface area contributed by atoms with Gasteiger partial charge in [0.2, 0.25) is 11.8 Å². The van der Waals surface area contributed by atoms with Crippen LogP contribution >= 0.6 is 15.9 Å². The SMILES string of the molecule is CCNC(=O)C(C)N(Cc1ccc(Br)cc1)C(=O)CN(c1cccc(OC)c1)S(=O)(=O)c1ccccc1. The molecule has 2 amide bonds. The molecule has 37 heavy (non-hydrogen) atoms. The quantitative estimate of drug-likeness (QED) is 0.362. The van der Waals surface area contributed by atoms with Gasteiger partial charge in [-0.05, 0) is 55.8 Å². The number of halogens is 1. The summed E-state index contributed by atoms with van der Waals surface area (Å²) in [7, 11) is -2.64. The number of nitrogens with zero attached hydrogens (tertiary/aromatic N) is 2. The number of sulfonamides is 1. The highest BCUT2D eigenvalue weighted by atomic mass is 79.9. The average molecular weight is 589 g/mol. The Labute approximate surface area is 226 Å². The van der Waals surface area contributed by atoms with E-state index in [-0.39, 0.29) is 23.0 Å². The molecule has 0 aliphatic rings. The maximum Gasteiger partial charge on any atom is 0.264 e. The summed E-state index contributed by atoms with van der Waals surface area (Å²) < 4.78 is 34.7. The van der Waals surface area contributed by atoms with Crippen LogP contribution in [-0.2, 0) is 26.2 Å². The third kappa shape index (κ3) is 7.11. The van der Waals surface area contributed by atoms with Gasteiger partial charge in [0.05, 0.1) is 17.7 Å². The average Bonchev–Trinajstić information content (AvgIpc) is 2.91. The van der Waals surface area contributed by atoms with Crippen molar-refractivity contribution in [1.29, 1.82) is 0 Å².